The number of rotatable bonds is 13. The Bertz CT molecular complexity index is 1800. The van der Waals surface area contributed by atoms with Crippen molar-refractivity contribution in [2.24, 2.45) is 0 Å². The van der Waals surface area contributed by atoms with Gasteiger partial charge >= 0.3 is 11.9 Å². The predicted octanol–water partition coefficient (Wildman–Crippen LogP) is 6.13. The van der Waals surface area contributed by atoms with Gasteiger partial charge < -0.3 is 29.2 Å². The Hall–Kier alpha value is -5.24. The van der Waals surface area contributed by atoms with Crippen molar-refractivity contribution in [1.82, 2.24) is 5.32 Å². The average molecular weight is 643 g/mol. The van der Waals surface area contributed by atoms with Gasteiger partial charge in [-0.3, -0.25) is 14.9 Å². The van der Waals surface area contributed by atoms with Gasteiger partial charge in [-0.2, -0.15) is 5.26 Å². The summed E-state index contributed by atoms with van der Waals surface area (Å²) in [6.45, 7) is 3.31. The Balaban J connectivity index is 1.38. The summed E-state index contributed by atoms with van der Waals surface area (Å²) in [6.07, 6.45) is -0.605. The predicted molar refractivity (Wildman–Crippen MR) is 169 cm³/mol. The van der Waals surface area contributed by atoms with Gasteiger partial charge in [0.15, 0.2) is 11.5 Å². The van der Waals surface area contributed by atoms with E-state index < -0.39 is 24.4 Å². The first-order chi connectivity index (χ1) is 22.2. The molecule has 1 atom stereocenters. The molecule has 0 bridgehead atoms. The SMILES string of the molecule is Cc1c(COc2cc(OCc3cccc(C#N)c3)c(CN[C@H](CC(=O)O)C(=O)O)cc2Cl)cccc1-c1ccc2c(c1)OCCO2. The van der Waals surface area contributed by atoms with E-state index in [2.05, 4.69) is 11.4 Å². The molecule has 0 aliphatic carbocycles. The molecule has 46 heavy (non-hydrogen) atoms. The lowest BCUT2D eigenvalue weighted by atomic mass is 9.96. The van der Waals surface area contributed by atoms with Crippen LogP contribution in [-0.2, 0) is 29.3 Å². The maximum atomic E-state index is 11.6. The second-order valence-corrected chi connectivity index (χ2v) is 11.0. The van der Waals surface area contributed by atoms with Crippen LogP contribution in [0.4, 0.5) is 0 Å². The van der Waals surface area contributed by atoms with Crippen molar-refractivity contribution in [3.8, 4) is 40.2 Å². The van der Waals surface area contributed by atoms with Crippen molar-refractivity contribution in [2.75, 3.05) is 13.2 Å². The molecule has 3 N–H and O–H groups in total. The molecular weight excluding hydrogens is 612 g/mol. The molecule has 0 aromatic heterocycles. The van der Waals surface area contributed by atoms with E-state index in [1.54, 1.807) is 30.3 Å². The van der Waals surface area contributed by atoms with Crippen molar-refractivity contribution in [1.29, 1.82) is 5.26 Å². The summed E-state index contributed by atoms with van der Waals surface area (Å²) in [7, 11) is 0. The lowest BCUT2D eigenvalue weighted by Crippen LogP contribution is -2.38. The van der Waals surface area contributed by atoms with Crippen molar-refractivity contribution >= 4 is 23.5 Å². The minimum Gasteiger partial charge on any atom is -0.488 e. The molecule has 0 radical (unpaired) electrons. The minimum atomic E-state index is -1.32. The number of halogens is 1. The zero-order valence-electron chi connectivity index (χ0n) is 24.9. The molecule has 4 aromatic rings. The third kappa shape index (κ3) is 7.88. The topological polar surface area (TPSA) is 147 Å². The van der Waals surface area contributed by atoms with Crippen molar-refractivity contribution in [2.45, 2.75) is 39.1 Å². The van der Waals surface area contributed by atoms with Crippen LogP contribution in [0, 0.1) is 18.3 Å². The number of hydrogen-bond acceptors (Lipinski definition) is 8. The molecule has 0 amide bonds. The molecule has 0 fully saturated rings. The fraction of sp³-hybridized carbons (Fsp3) is 0.229. The van der Waals surface area contributed by atoms with Gasteiger partial charge in [-0.1, -0.05) is 48.0 Å². The highest BCUT2D eigenvalue weighted by atomic mass is 35.5. The number of carbonyl (C=O) groups is 2. The first-order valence-corrected chi connectivity index (χ1v) is 14.8. The molecule has 0 spiro atoms. The molecule has 0 saturated carbocycles. The van der Waals surface area contributed by atoms with Gasteiger partial charge in [0.2, 0.25) is 0 Å². The quantitative estimate of drug-likeness (QED) is 0.155. The summed E-state index contributed by atoms with van der Waals surface area (Å²) >= 11 is 6.64. The second-order valence-electron chi connectivity index (χ2n) is 10.6. The minimum absolute atomic E-state index is 0.0332. The van der Waals surface area contributed by atoms with E-state index in [0.29, 0.717) is 41.6 Å². The molecular formula is C35H31ClN2O8. The molecule has 236 valence electrons. The Morgan fingerprint density at radius 1 is 0.935 bits per heavy atom. The van der Waals surface area contributed by atoms with Crippen LogP contribution in [0.15, 0.2) is 72.8 Å². The van der Waals surface area contributed by atoms with Crippen LogP contribution in [0.3, 0.4) is 0 Å². The second kappa shape index (κ2) is 14.7. The van der Waals surface area contributed by atoms with E-state index in [0.717, 1.165) is 33.6 Å². The smallest absolute Gasteiger partial charge is 0.321 e. The number of ether oxygens (including phenoxy) is 4. The van der Waals surface area contributed by atoms with Crippen LogP contribution in [-0.4, -0.2) is 41.4 Å². The Morgan fingerprint density at radius 3 is 2.46 bits per heavy atom. The number of nitrogens with one attached hydrogen (secondary N) is 1. The van der Waals surface area contributed by atoms with Crippen LogP contribution >= 0.6 is 11.6 Å². The number of carboxylic acid groups (broad SMARTS) is 2. The lowest BCUT2D eigenvalue weighted by molar-refractivity contribution is -0.146. The average Bonchev–Trinajstić information content (AvgIpc) is 3.05. The number of benzene rings is 4. The van der Waals surface area contributed by atoms with Gasteiger partial charge in [0.25, 0.3) is 0 Å². The van der Waals surface area contributed by atoms with Gasteiger partial charge in [0.05, 0.1) is 23.1 Å². The van der Waals surface area contributed by atoms with Crippen LogP contribution in [0.1, 0.15) is 34.2 Å². The van der Waals surface area contributed by atoms with Crippen LogP contribution in [0.2, 0.25) is 5.02 Å². The highest BCUT2D eigenvalue weighted by molar-refractivity contribution is 6.32. The third-order valence-electron chi connectivity index (χ3n) is 7.46. The van der Waals surface area contributed by atoms with Crippen molar-refractivity contribution in [3.05, 3.63) is 106 Å². The van der Waals surface area contributed by atoms with Crippen LogP contribution < -0.4 is 24.3 Å². The number of fused-ring (bicyclic) bond motifs is 1. The maximum Gasteiger partial charge on any atom is 0.321 e. The van der Waals surface area contributed by atoms with E-state index >= 15 is 0 Å². The highest BCUT2D eigenvalue weighted by Crippen LogP contribution is 2.37. The van der Waals surface area contributed by atoms with Gasteiger partial charge in [-0.05, 0) is 65.1 Å². The molecule has 0 unspecified atom stereocenters. The first-order valence-electron chi connectivity index (χ1n) is 14.5. The lowest BCUT2D eigenvalue weighted by Gasteiger charge is -2.20. The van der Waals surface area contributed by atoms with E-state index in [9.17, 15) is 20.0 Å². The maximum absolute atomic E-state index is 11.6. The van der Waals surface area contributed by atoms with Crippen molar-refractivity contribution in [3.63, 3.8) is 0 Å². The molecule has 1 heterocycles. The number of aliphatic carboxylic acids is 2. The van der Waals surface area contributed by atoms with Crippen LogP contribution in [0.25, 0.3) is 11.1 Å². The summed E-state index contributed by atoms with van der Waals surface area (Å²) in [5, 5.41) is 30.9. The Labute approximate surface area is 270 Å². The fourth-order valence-corrected chi connectivity index (χ4v) is 5.27. The zero-order valence-corrected chi connectivity index (χ0v) is 25.7. The molecule has 1 aliphatic heterocycles. The molecule has 5 rings (SSSR count). The van der Waals surface area contributed by atoms with Gasteiger partial charge in [-0.15, -0.1) is 0 Å². The zero-order chi connectivity index (χ0) is 32.6. The number of nitriles is 1. The molecule has 4 aromatic carbocycles. The summed E-state index contributed by atoms with van der Waals surface area (Å²) < 4.78 is 23.7. The Kier molecular flexibility index (Phi) is 10.3. The van der Waals surface area contributed by atoms with E-state index in [1.165, 1.54) is 0 Å². The number of hydrogen-bond donors (Lipinski definition) is 3. The van der Waals surface area contributed by atoms with Gasteiger partial charge in [0, 0.05) is 18.2 Å². The van der Waals surface area contributed by atoms with Gasteiger partial charge in [0.1, 0.15) is 44.0 Å². The molecule has 10 nitrogen and oxygen atoms in total. The number of carboxylic acids is 2. The standard InChI is InChI=1S/C35H31ClN2O8/c1-21-25(6-3-7-27(21)24-8-9-30-33(14-24)44-11-10-43-30)20-46-32-16-31(45-19-23-5-2-4-22(12-23)17-37)26(13-28(32)36)18-38-29(35(41)42)15-34(39)40/h2-9,12-14,16,29,38H,10-11,15,18-20H2,1H3,(H,39,40)(H,41,42)/t29-/m1/s1. The first kappa shape index (κ1) is 32.2. The fourth-order valence-electron chi connectivity index (χ4n) is 5.02. The summed E-state index contributed by atoms with van der Waals surface area (Å²) in [5.74, 6) is -0.416. The monoisotopic (exact) mass is 642 g/mol. The van der Waals surface area contributed by atoms with Gasteiger partial charge in [-0.25, -0.2) is 0 Å². The molecule has 0 saturated heterocycles. The number of nitrogens with zero attached hydrogens (tertiary/aromatic N) is 1. The van der Waals surface area contributed by atoms with E-state index in [1.807, 2.05) is 49.4 Å². The normalized spacial score (nSPS) is 12.5. The highest BCUT2D eigenvalue weighted by Gasteiger charge is 2.22. The summed E-state index contributed by atoms with van der Waals surface area (Å²) in [4.78, 5) is 22.8. The van der Waals surface area contributed by atoms with Crippen LogP contribution in [0.5, 0.6) is 23.0 Å². The van der Waals surface area contributed by atoms with E-state index in [4.69, 9.17) is 35.7 Å². The van der Waals surface area contributed by atoms with E-state index in [-0.39, 0.29) is 24.8 Å². The molecule has 1 aliphatic rings. The molecule has 11 heteroatoms. The Morgan fingerprint density at radius 2 is 1.70 bits per heavy atom. The summed E-state index contributed by atoms with van der Waals surface area (Å²) in [5.41, 5.74) is 5.68. The van der Waals surface area contributed by atoms with Crippen molar-refractivity contribution < 1.29 is 38.7 Å². The largest absolute Gasteiger partial charge is 0.488 e. The third-order valence-corrected chi connectivity index (χ3v) is 7.76. The summed E-state index contributed by atoms with van der Waals surface area (Å²) in [6, 6.07) is 22.8.